The van der Waals surface area contributed by atoms with Gasteiger partial charge in [0.05, 0.1) is 12.7 Å². The average Bonchev–Trinajstić information content (AvgIpc) is 2.89. The number of hydrogen-bond donors (Lipinski definition) is 2. The first-order chi connectivity index (χ1) is 12.4. The van der Waals surface area contributed by atoms with Gasteiger partial charge in [0.15, 0.2) is 5.11 Å². The van der Waals surface area contributed by atoms with Crippen molar-refractivity contribution in [2.24, 2.45) is 5.92 Å². The summed E-state index contributed by atoms with van der Waals surface area (Å²) in [4.78, 5) is 13.6. The number of thiocarbonyl (C=S) groups is 1. The zero-order valence-corrected chi connectivity index (χ0v) is 17.2. The molecule has 1 aliphatic carbocycles. The third-order valence-corrected chi connectivity index (χ3v) is 5.98. The molecule has 3 rings (SSSR count). The van der Waals surface area contributed by atoms with Crippen LogP contribution in [0, 0.1) is 19.8 Å². The Morgan fingerprint density at radius 2 is 1.92 bits per heavy atom. The van der Waals surface area contributed by atoms with Gasteiger partial charge in [-0.05, 0) is 80.1 Å². The lowest BCUT2D eigenvalue weighted by Gasteiger charge is -2.18. The van der Waals surface area contributed by atoms with E-state index < -0.39 is 0 Å². The molecule has 1 unspecified atom stereocenters. The molecule has 1 heterocycles. The van der Waals surface area contributed by atoms with Crippen LogP contribution in [0.5, 0.6) is 0 Å². The van der Waals surface area contributed by atoms with E-state index in [1.165, 1.54) is 23.1 Å². The Kier molecular flexibility index (Phi) is 5.63. The minimum atomic E-state index is -0.297. The molecule has 0 saturated heterocycles. The molecule has 0 saturated carbocycles. The van der Waals surface area contributed by atoms with Crippen molar-refractivity contribution >= 4 is 45.3 Å². The molecule has 0 fully saturated rings. The number of hydrogen-bond acceptors (Lipinski definition) is 4. The molecule has 0 spiro atoms. The molecule has 0 radical (unpaired) electrons. The number of benzene rings is 1. The Bertz CT molecular complexity index is 837. The van der Waals surface area contributed by atoms with Crippen LogP contribution in [0.25, 0.3) is 0 Å². The summed E-state index contributed by atoms with van der Waals surface area (Å²) in [5.74, 6) is 0.341. The van der Waals surface area contributed by atoms with Gasteiger partial charge in [-0.1, -0.05) is 13.0 Å². The predicted octanol–water partition coefficient (Wildman–Crippen LogP) is 5.09. The molecule has 1 aromatic carbocycles. The highest BCUT2D eigenvalue weighted by Gasteiger charge is 2.28. The molecule has 26 heavy (non-hydrogen) atoms. The Balaban J connectivity index is 1.84. The van der Waals surface area contributed by atoms with Gasteiger partial charge in [-0.15, -0.1) is 11.3 Å². The van der Waals surface area contributed by atoms with Gasteiger partial charge in [-0.3, -0.25) is 0 Å². The third kappa shape index (κ3) is 4.07. The third-order valence-electron chi connectivity index (χ3n) is 4.61. The summed E-state index contributed by atoms with van der Waals surface area (Å²) in [7, 11) is 1.42. The SMILES string of the molecule is COC(=O)c1c(NC(=S)Nc2cc(C)cc(C)c2)sc2c1CCC(C)C2. The van der Waals surface area contributed by atoms with E-state index in [1.807, 2.05) is 12.1 Å². The summed E-state index contributed by atoms with van der Waals surface area (Å²) < 4.78 is 5.02. The number of aryl methyl sites for hydroxylation is 2. The van der Waals surface area contributed by atoms with Crippen molar-refractivity contribution in [2.45, 2.75) is 40.0 Å². The highest BCUT2D eigenvalue weighted by molar-refractivity contribution is 7.80. The van der Waals surface area contributed by atoms with E-state index >= 15 is 0 Å². The topological polar surface area (TPSA) is 50.4 Å². The smallest absolute Gasteiger partial charge is 0.341 e. The van der Waals surface area contributed by atoms with Gasteiger partial charge in [0.25, 0.3) is 0 Å². The summed E-state index contributed by atoms with van der Waals surface area (Å²) in [5, 5.41) is 7.70. The van der Waals surface area contributed by atoms with E-state index in [4.69, 9.17) is 17.0 Å². The van der Waals surface area contributed by atoms with Gasteiger partial charge in [0.1, 0.15) is 5.00 Å². The first kappa shape index (κ1) is 18.9. The Labute approximate surface area is 164 Å². The predicted molar refractivity (Wildman–Crippen MR) is 113 cm³/mol. The van der Waals surface area contributed by atoms with Crippen LogP contribution < -0.4 is 10.6 Å². The summed E-state index contributed by atoms with van der Waals surface area (Å²) in [6.45, 7) is 6.36. The summed E-state index contributed by atoms with van der Waals surface area (Å²) in [6, 6.07) is 6.21. The van der Waals surface area contributed by atoms with Gasteiger partial charge in [-0.25, -0.2) is 4.79 Å². The molecule has 6 heteroatoms. The molecule has 2 N–H and O–H groups in total. The number of esters is 1. The molecule has 1 atom stereocenters. The molecule has 4 nitrogen and oxygen atoms in total. The van der Waals surface area contributed by atoms with E-state index in [-0.39, 0.29) is 5.97 Å². The second-order valence-electron chi connectivity index (χ2n) is 7.00. The number of ether oxygens (including phenoxy) is 1. The largest absolute Gasteiger partial charge is 0.465 e. The maximum Gasteiger partial charge on any atom is 0.341 e. The number of fused-ring (bicyclic) bond motifs is 1. The normalized spacial score (nSPS) is 15.9. The number of methoxy groups -OCH3 is 1. The van der Waals surface area contributed by atoms with E-state index in [1.54, 1.807) is 11.3 Å². The Morgan fingerprint density at radius 3 is 2.58 bits per heavy atom. The zero-order chi connectivity index (χ0) is 18.8. The zero-order valence-electron chi connectivity index (χ0n) is 15.6. The monoisotopic (exact) mass is 388 g/mol. The van der Waals surface area contributed by atoms with Crippen LogP contribution in [0.3, 0.4) is 0 Å². The lowest BCUT2D eigenvalue weighted by molar-refractivity contribution is 0.0601. The standard InChI is InChI=1S/C20H24N2O2S2/c1-11-5-6-15-16(10-11)26-18(17(15)19(23)24-4)22-20(25)21-14-8-12(2)7-13(3)9-14/h7-9,11H,5-6,10H2,1-4H3,(H2,21,22,25). The van der Waals surface area contributed by atoms with Crippen LogP contribution in [-0.4, -0.2) is 18.2 Å². The number of thiophene rings is 1. The maximum absolute atomic E-state index is 12.4. The molecule has 0 bridgehead atoms. The van der Waals surface area contributed by atoms with Crippen LogP contribution in [-0.2, 0) is 17.6 Å². The fraction of sp³-hybridized carbons (Fsp3) is 0.400. The lowest BCUT2D eigenvalue weighted by Crippen LogP contribution is -2.20. The maximum atomic E-state index is 12.4. The number of anilines is 2. The van der Waals surface area contributed by atoms with Crippen molar-refractivity contribution in [3.05, 3.63) is 45.3 Å². The minimum absolute atomic E-state index is 0.297. The number of carbonyl (C=O) groups excluding carboxylic acids is 1. The second kappa shape index (κ2) is 7.76. The summed E-state index contributed by atoms with van der Waals surface area (Å²) >= 11 is 7.10. The van der Waals surface area contributed by atoms with Crippen molar-refractivity contribution in [2.75, 3.05) is 17.7 Å². The highest BCUT2D eigenvalue weighted by Crippen LogP contribution is 2.40. The summed E-state index contributed by atoms with van der Waals surface area (Å²) in [6.07, 6.45) is 3.01. The van der Waals surface area contributed by atoms with Crippen LogP contribution in [0.1, 0.15) is 45.3 Å². The quantitative estimate of drug-likeness (QED) is 0.567. The van der Waals surface area contributed by atoms with Gasteiger partial charge < -0.3 is 15.4 Å². The molecule has 138 valence electrons. The van der Waals surface area contributed by atoms with Gasteiger partial charge in [-0.2, -0.15) is 0 Å². The van der Waals surface area contributed by atoms with Crippen LogP contribution >= 0.6 is 23.6 Å². The van der Waals surface area contributed by atoms with Gasteiger partial charge in [0.2, 0.25) is 0 Å². The molecule has 0 aliphatic heterocycles. The van der Waals surface area contributed by atoms with E-state index in [0.717, 1.165) is 35.5 Å². The molecular formula is C20H24N2O2S2. The number of nitrogens with one attached hydrogen (secondary N) is 2. The number of rotatable bonds is 3. The molecule has 1 aromatic heterocycles. The van der Waals surface area contributed by atoms with Crippen molar-refractivity contribution in [1.82, 2.24) is 0 Å². The second-order valence-corrected chi connectivity index (χ2v) is 8.52. The molecule has 2 aromatic rings. The first-order valence-corrected chi connectivity index (χ1v) is 9.99. The highest BCUT2D eigenvalue weighted by atomic mass is 32.1. The molecule has 0 amide bonds. The Morgan fingerprint density at radius 1 is 1.23 bits per heavy atom. The molecule has 1 aliphatic rings. The average molecular weight is 389 g/mol. The first-order valence-electron chi connectivity index (χ1n) is 8.76. The summed E-state index contributed by atoms with van der Waals surface area (Å²) in [5.41, 5.74) is 5.05. The van der Waals surface area contributed by atoms with Crippen molar-refractivity contribution in [1.29, 1.82) is 0 Å². The minimum Gasteiger partial charge on any atom is -0.465 e. The Hall–Kier alpha value is -1.92. The fourth-order valence-electron chi connectivity index (χ4n) is 3.47. The van der Waals surface area contributed by atoms with Crippen LogP contribution in [0.2, 0.25) is 0 Å². The van der Waals surface area contributed by atoms with E-state index in [9.17, 15) is 4.79 Å². The van der Waals surface area contributed by atoms with E-state index in [0.29, 0.717) is 16.6 Å². The fourth-order valence-corrected chi connectivity index (χ4v) is 5.16. The van der Waals surface area contributed by atoms with E-state index in [2.05, 4.69) is 37.5 Å². The van der Waals surface area contributed by atoms with Crippen molar-refractivity contribution in [3.63, 3.8) is 0 Å². The van der Waals surface area contributed by atoms with Crippen molar-refractivity contribution in [3.8, 4) is 0 Å². The van der Waals surface area contributed by atoms with Crippen LogP contribution in [0.15, 0.2) is 18.2 Å². The lowest BCUT2D eigenvalue weighted by atomic mass is 9.88. The molecular weight excluding hydrogens is 364 g/mol. The van der Waals surface area contributed by atoms with Gasteiger partial charge >= 0.3 is 5.97 Å². The van der Waals surface area contributed by atoms with Crippen molar-refractivity contribution < 1.29 is 9.53 Å². The number of carbonyl (C=O) groups is 1. The van der Waals surface area contributed by atoms with Gasteiger partial charge in [0, 0.05) is 10.6 Å². The van der Waals surface area contributed by atoms with Crippen LogP contribution in [0.4, 0.5) is 10.7 Å².